The van der Waals surface area contributed by atoms with Gasteiger partial charge in [0.25, 0.3) is 0 Å². The van der Waals surface area contributed by atoms with Gasteiger partial charge in [0, 0.05) is 17.8 Å². The molecule has 164 valence electrons. The van der Waals surface area contributed by atoms with E-state index >= 15 is 0 Å². The fourth-order valence-electron chi connectivity index (χ4n) is 3.85. The molecule has 1 N–H and O–H groups in total. The van der Waals surface area contributed by atoms with Gasteiger partial charge in [0.05, 0.1) is 26.8 Å². The number of rotatable bonds is 6. The number of aromatic nitrogens is 5. The molecule has 0 unspecified atom stereocenters. The highest BCUT2D eigenvalue weighted by atomic mass is 79.9. The van der Waals surface area contributed by atoms with Gasteiger partial charge in [0.1, 0.15) is 6.54 Å². The monoisotopic (exact) mass is 532 g/mol. The maximum Gasteiger partial charge on any atom is 0.247 e. The van der Waals surface area contributed by atoms with E-state index in [0.717, 1.165) is 22.3 Å². The molecule has 0 aliphatic heterocycles. The summed E-state index contributed by atoms with van der Waals surface area (Å²) >= 11 is 15.5. The standard InChI is InChI=1S/C22H19BrCl2N6O/c1-12-20-15(14-3-4-14)6-7-26-22(20)31(28-12)11-19(32)27-21-16(23)10-30(29-21)9-13-2-5-17(24)18(25)8-13/h2,5-8,10,14H,3-4,9,11H2,1H3,(H,27,29,32). The number of pyridine rings is 1. The van der Waals surface area contributed by atoms with Gasteiger partial charge in [-0.3, -0.25) is 9.48 Å². The summed E-state index contributed by atoms with van der Waals surface area (Å²) in [6.07, 6.45) is 5.99. The Labute approximate surface area is 202 Å². The van der Waals surface area contributed by atoms with Crippen molar-refractivity contribution in [1.29, 1.82) is 0 Å². The molecular weight excluding hydrogens is 515 g/mol. The van der Waals surface area contributed by atoms with Gasteiger partial charge in [-0.05, 0) is 70.9 Å². The van der Waals surface area contributed by atoms with Crippen LogP contribution in [0.25, 0.3) is 11.0 Å². The van der Waals surface area contributed by atoms with Gasteiger partial charge < -0.3 is 5.32 Å². The summed E-state index contributed by atoms with van der Waals surface area (Å²) in [4.78, 5) is 17.3. The van der Waals surface area contributed by atoms with Crippen LogP contribution in [0.2, 0.25) is 10.0 Å². The van der Waals surface area contributed by atoms with Crippen molar-refractivity contribution < 1.29 is 4.79 Å². The van der Waals surface area contributed by atoms with Crippen LogP contribution in [0.3, 0.4) is 0 Å². The molecule has 7 nitrogen and oxygen atoms in total. The zero-order chi connectivity index (χ0) is 22.4. The Morgan fingerprint density at radius 3 is 2.78 bits per heavy atom. The minimum absolute atomic E-state index is 0.0531. The first kappa shape index (κ1) is 21.4. The number of fused-ring (bicyclic) bond motifs is 1. The lowest BCUT2D eigenvalue weighted by molar-refractivity contribution is -0.116. The van der Waals surface area contributed by atoms with Crippen molar-refractivity contribution >= 4 is 61.9 Å². The van der Waals surface area contributed by atoms with Gasteiger partial charge in [-0.2, -0.15) is 10.2 Å². The van der Waals surface area contributed by atoms with E-state index in [1.165, 1.54) is 18.4 Å². The quantitative estimate of drug-likeness (QED) is 0.351. The summed E-state index contributed by atoms with van der Waals surface area (Å²) < 4.78 is 4.06. The molecule has 0 atom stereocenters. The van der Waals surface area contributed by atoms with Gasteiger partial charge in [0.15, 0.2) is 11.5 Å². The zero-order valence-corrected chi connectivity index (χ0v) is 20.2. The van der Waals surface area contributed by atoms with Crippen LogP contribution in [-0.2, 0) is 17.9 Å². The number of anilines is 1. The van der Waals surface area contributed by atoms with Crippen molar-refractivity contribution in [3.63, 3.8) is 0 Å². The van der Waals surface area contributed by atoms with Gasteiger partial charge in [-0.25, -0.2) is 9.67 Å². The third-order valence-corrected chi connectivity index (χ3v) is 6.77. The molecular formula is C22H19BrCl2N6O. The smallest absolute Gasteiger partial charge is 0.247 e. The van der Waals surface area contributed by atoms with Crippen LogP contribution in [0, 0.1) is 6.92 Å². The van der Waals surface area contributed by atoms with E-state index in [1.807, 2.05) is 13.0 Å². The molecule has 1 saturated carbocycles. The number of carbonyl (C=O) groups is 1. The predicted octanol–water partition coefficient (Wildman–Crippen LogP) is 5.57. The first-order chi connectivity index (χ1) is 15.4. The Morgan fingerprint density at radius 2 is 2.03 bits per heavy atom. The second-order valence-corrected chi connectivity index (χ2v) is 9.60. The van der Waals surface area contributed by atoms with Gasteiger partial charge >= 0.3 is 0 Å². The highest BCUT2D eigenvalue weighted by Crippen LogP contribution is 2.43. The van der Waals surface area contributed by atoms with E-state index in [4.69, 9.17) is 23.2 Å². The number of nitrogens with zero attached hydrogens (tertiary/aromatic N) is 5. The Hall–Kier alpha value is -2.42. The molecule has 3 heterocycles. The number of hydrogen-bond donors (Lipinski definition) is 1. The Kier molecular flexibility index (Phi) is 5.69. The maximum atomic E-state index is 12.8. The summed E-state index contributed by atoms with van der Waals surface area (Å²) in [7, 11) is 0. The summed E-state index contributed by atoms with van der Waals surface area (Å²) in [6.45, 7) is 2.51. The number of aryl methyl sites for hydroxylation is 1. The van der Waals surface area contributed by atoms with Crippen molar-refractivity contribution in [1.82, 2.24) is 24.5 Å². The van der Waals surface area contributed by atoms with E-state index in [9.17, 15) is 4.79 Å². The van der Waals surface area contributed by atoms with Crippen molar-refractivity contribution in [2.45, 2.75) is 38.8 Å². The lowest BCUT2D eigenvalue weighted by Crippen LogP contribution is -2.20. The first-order valence-electron chi connectivity index (χ1n) is 10.2. The summed E-state index contributed by atoms with van der Waals surface area (Å²) in [5.74, 6) is 0.796. The van der Waals surface area contributed by atoms with Crippen molar-refractivity contribution in [2.75, 3.05) is 5.32 Å². The zero-order valence-electron chi connectivity index (χ0n) is 17.1. The SMILES string of the molecule is Cc1nn(CC(=O)Nc2nn(Cc3ccc(Cl)c(Cl)c3)cc2Br)c2nccc(C3CC3)c12. The number of nitrogens with one attached hydrogen (secondary N) is 1. The third kappa shape index (κ3) is 4.27. The highest BCUT2D eigenvalue weighted by Gasteiger charge is 2.27. The predicted molar refractivity (Wildman–Crippen MR) is 128 cm³/mol. The van der Waals surface area contributed by atoms with Gasteiger partial charge in [-0.1, -0.05) is 29.3 Å². The average molecular weight is 534 g/mol. The molecule has 5 rings (SSSR count). The van der Waals surface area contributed by atoms with E-state index in [1.54, 1.807) is 33.9 Å². The van der Waals surface area contributed by atoms with Crippen LogP contribution < -0.4 is 5.32 Å². The molecule has 32 heavy (non-hydrogen) atoms. The molecule has 3 aromatic heterocycles. The average Bonchev–Trinajstić information content (AvgIpc) is 3.48. The van der Waals surface area contributed by atoms with E-state index in [2.05, 4.69) is 42.5 Å². The number of halogens is 3. The molecule has 0 saturated heterocycles. The fraction of sp³-hybridized carbons (Fsp3) is 0.273. The van der Waals surface area contributed by atoms with Crippen LogP contribution in [0.1, 0.15) is 35.6 Å². The van der Waals surface area contributed by atoms with E-state index in [0.29, 0.717) is 32.8 Å². The first-order valence-corrected chi connectivity index (χ1v) is 11.7. The second kappa shape index (κ2) is 8.50. The summed E-state index contributed by atoms with van der Waals surface area (Å²) in [5.41, 5.74) is 3.87. The third-order valence-electron chi connectivity index (χ3n) is 5.45. The molecule has 1 amide bonds. The second-order valence-electron chi connectivity index (χ2n) is 7.94. The van der Waals surface area contributed by atoms with Crippen molar-refractivity contribution in [2.24, 2.45) is 0 Å². The van der Waals surface area contributed by atoms with Gasteiger partial charge in [0.2, 0.25) is 5.91 Å². The molecule has 1 fully saturated rings. The lowest BCUT2D eigenvalue weighted by Gasteiger charge is -2.06. The van der Waals surface area contributed by atoms with E-state index < -0.39 is 0 Å². The van der Waals surface area contributed by atoms with Crippen LogP contribution in [-0.4, -0.2) is 30.5 Å². The highest BCUT2D eigenvalue weighted by molar-refractivity contribution is 9.10. The molecule has 0 radical (unpaired) electrons. The molecule has 0 spiro atoms. The number of hydrogen-bond acceptors (Lipinski definition) is 4. The molecule has 10 heteroatoms. The molecule has 4 aromatic rings. The van der Waals surface area contributed by atoms with Crippen molar-refractivity contribution in [3.05, 3.63) is 68.0 Å². The van der Waals surface area contributed by atoms with Crippen molar-refractivity contribution in [3.8, 4) is 0 Å². The normalized spacial score (nSPS) is 13.6. The largest absolute Gasteiger partial charge is 0.307 e. The summed E-state index contributed by atoms with van der Waals surface area (Å²) in [6, 6.07) is 7.50. The van der Waals surface area contributed by atoms with Crippen LogP contribution in [0.15, 0.2) is 41.1 Å². The van der Waals surface area contributed by atoms with Crippen LogP contribution >= 0.6 is 39.1 Å². The Morgan fingerprint density at radius 1 is 1.22 bits per heavy atom. The number of amides is 1. The van der Waals surface area contributed by atoms with Crippen LogP contribution in [0.5, 0.6) is 0 Å². The number of carbonyl (C=O) groups excluding carboxylic acids is 1. The maximum absolute atomic E-state index is 12.8. The number of benzene rings is 1. The lowest BCUT2D eigenvalue weighted by atomic mass is 10.1. The topological polar surface area (TPSA) is 77.6 Å². The molecule has 1 aliphatic carbocycles. The molecule has 1 aromatic carbocycles. The Bertz CT molecular complexity index is 1340. The molecule has 0 bridgehead atoms. The van der Waals surface area contributed by atoms with Gasteiger partial charge in [-0.15, -0.1) is 0 Å². The van der Waals surface area contributed by atoms with E-state index in [-0.39, 0.29) is 12.5 Å². The van der Waals surface area contributed by atoms with Crippen LogP contribution in [0.4, 0.5) is 5.82 Å². The minimum Gasteiger partial charge on any atom is -0.307 e. The fourth-order valence-corrected chi connectivity index (χ4v) is 4.59. The molecule has 1 aliphatic rings. The summed E-state index contributed by atoms with van der Waals surface area (Å²) in [5, 5.41) is 14.0. The Balaban J connectivity index is 1.32. The minimum atomic E-state index is -0.228.